The number of ether oxygens (including phenoxy) is 1. The van der Waals surface area contributed by atoms with Gasteiger partial charge >= 0.3 is 0 Å². The summed E-state index contributed by atoms with van der Waals surface area (Å²) >= 11 is 3.62. The van der Waals surface area contributed by atoms with Gasteiger partial charge < -0.3 is 4.74 Å². The van der Waals surface area contributed by atoms with E-state index >= 15 is 0 Å². The van der Waals surface area contributed by atoms with Crippen LogP contribution in [0.15, 0.2) is 12.3 Å². The molecule has 0 saturated heterocycles. The fourth-order valence-electron chi connectivity index (χ4n) is 1.44. The minimum Gasteiger partial charge on any atom is -0.477 e. The molecule has 1 aliphatic heterocycles. The van der Waals surface area contributed by atoms with E-state index in [-0.39, 0.29) is 0 Å². The van der Waals surface area contributed by atoms with Gasteiger partial charge in [0.1, 0.15) is 0 Å². The van der Waals surface area contributed by atoms with Crippen molar-refractivity contribution in [3.05, 3.63) is 23.4 Å². The third-order valence-corrected chi connectivity index (χ3v) is 3.01. The molecule has 0 aromatic carbocycles. The number of aryl methyl sites for hydroxylation is 1. The second kappa shape index (κ2) is 3.05. The number of hydrogen-bond donors (Lipinski definition) is 0. The fourth-order valence-corrected chi connectivity index (χ4v) is 2.19. The molecule has 1 aliphatic rings. The number of halogens is 1. The van der Waals surface area contributed by atoms with Gasteiger partial charge in [-0.15, -0.1) is 0 Å². The van der Waals surface area contributed by atoms with Gasteiger partial charge in [-0.05, 0) is 25.0 Å². The van der Waals surface area contributed by atoms with Crippen LogP contribution in [0.4, 0.5) is 0 Å². The van der Waals surface area contributed by atoms with Crippen molar-refractivity contribution in [3.63, 3.8) is 0 Å². The lowest BCUT2D eigenvalue weighted by Gasteiger charge is -2.21. The monoisotopic (exact) mass is 227 g/mol. The topological polar surface area (TPSA) is 22.1 Å². The van der Waals surface area contributed by atoms with Crippen molar-refractivity contribution >= 4 is 15.9 Å². The Labute approximate surface area is 80.1 Å². The SMILES string of the molecule is Cc1ccnc2c1C(Br)CCO2. The molecule has 2 nitrogen and oxygen atoms in total. The van der Waals surface area contributed by atoms with Gasteiger partial charge in [-0.3, -0.25) is 0 Å². The van der Waals surface area contributed by atoms with E-state index in [2.05, 4.69) is 27.8 Å². The lowest BCUT2D eigenvalue weighted by molar-refractivity contribution is 0.275. The predicted molar refractivity (Wildman–Crippen MR) is 50.8 cm³/mol. The first-order valence-electron chi connectivity index (χ1n) is 4.01. The Morgan fingerprint density at radius 3 is 3.25 bits per heavy atom. The number of fused-ring (bicyclic) bond motifs is 1. The Balaban J connectivity index is 2.53. The van der Waals surface area contributed by atoms with Crippen molar-refractivity contribution in [2.24, 2.45) is 0 Å². The zero-order valence-corrected chi connectivity index (χ0v) is 8.47. The highest BCUT2D eigenvalue weighted by Crippen LogP contribution is 2.37. The quantitative estimate of drug-likeness (QED) is 0.636. The van der Waals surface area contributed by atoms with Crippen LogP contribution in [0.25, 0.3) is 0 Å². The molecule has 0 amide bonds. The van der Waals surface area contributed by atoms with Gasteiger partial charge in [-0.1, -0.05) is 15.9 Å². The molecule has 2 rings (SSSR count). The van der Waals surface area contributed by atoms with Crippen molar-refractivity contribution in [1.29, 1.82) is 0 Å². The number of alkyl halides is 1. The molecule has 12 heavy (non-hydrogen) atoms. The first-order valence-corrected chi connectivity index (χ1v) is 4.93. The summed E-state index contributed by atoms with van der Waals surface area (Å²) < 4.78 is 5.43. The van der Waals surface area contributed by atoms with Crippen molar-refractivity contribution in [2.45, 2.75) is 18.2 Å². The second-order valence-corrected chi connectivity index (χ2v) is 4.06. The number of nitrogens with zero attached hydrogens (tertiary/aromatic N) is 1. The predicted octanol–water partition coefficient (Wildman–Crippen LogP) is 2.61. The smallest absolute Gasteiger partial charge is 0.217 e. The molecule has 0 saturated carbocycles. The summed E-state index contributed by atoms with van der Waals surface area (Å²) in [6.07, 6.45) is 2.82. The molecule has 64 valence electrons. The zero-order valence-electron chi connectivity index (χ0n) is 6.88. The van der Waals surface area contributed by atoms with Crippen molar-refractivity contribution in [2.75, 3.05) is 6.61 Å². The summed E-state index contributed by atoms with van der Waals surface area (Å²) in [4.78, 5) is 4.59. The number of pyridine rings is 1. The number of aromatic nitrogens is 1. The van der Waals surface area contributed by atoms with E-state index in [1.165, 1.54) is 11.1 Å². The maximum atomic E-state index is 5.43. The molecule has 0 fully saturated rings. The van der Waals surface area contributed by atoms with Crippen molar-refractivity contribution in [3.8, 4) is 5.88 Å². The van der Waals surface area contributed by atoms with Gasteiger partial charge in [-0.25, -0.2) is 4.98 Å². The van der Waals surface area contributed by atoms with Crippen molar-refractivity contribution < 1.29 is 4.74 Å². The average Bonchev–Trinajstić information content (AvgIpc) is 2.04. The van der Waals surface area contributed by atoms with Gasteiger partial charge in [0.2, 0.25) is 5.88 Å². The largest absolute Gasteiger partial charge is 0.477 e. The third-order valence-electron chi connectivity index (χ3n) is 2.09. The van der Waals surface area contributed by atoms with Crippen LogP contribution in [-0.4, -0.2) is 11.6 Å². The molecule has 0 spiro atoms. The zero-order chi connectivity index (χ0) is 8.55. The third kappa shape index (κ3) is 1.22. The van der Waals surface area contributed by atoms with E-state index in [0.717, 1.165) is 18.9 Å². The Morgan fingerprint density at radius 2 is 2.50 bits per heavy atom. The summed E-state index contributed by atoms with van der Waals surface area (Å²) in [5.41, 5.74) is 2.46. The maximum Gasteiger partial charge on any atom is 0.217 e. The molecule has 1 aromatic heterocycles. The highest BCUT2D eigenvalue weighted by molar-refractivity contribution is 9.09. The van der Waals surface area contributed by atoms with Crippen LogP contribution in [-0.2, 0) is 0 Å². The van der Waals surface area contributed by atoms with Crippen LogP contribution in [0.2, 0.25) is 0 Å². The molecule has 0 aliphatic carbocycles. The van der Waals surface area contributed by atoms with Gasteiger partial charge in [0.25, 0.3) is 0 Å². The minimum atomic E-state index is 0.412. The summed E-state index contributed by atoms with van der Waals surface area (Å²) in [5.74, 6) is 0.795. The Morgan fingerprint density at radius 1 is 1.67 bits per heavy atom. The van der Waals surface area contributed by atoms with E-state index in [1.807, 2.05) is 6.07 Å². The summed E-state index contributed by atoms with van der Waals surface area (Å²) in [7, 11) is 0. The lowest BCUT2D eigenvalue weighted by atomic mass is 10.0. The molecule has 1 atom stereocenters. The molecule has 1 unspecified atom stereocenters. The van der Waals surface area contributed by atoms with E-state index in [1.54, 1.807) is 6.20 Å². The highest BCUT2D eigenvalue weighted by atomic mass is 79.9. The van der Waals surface area contributed by atoms with Gasteiger partial charge in [0.05, 0.1) is 6.61 Å². The molecule has 0 N–H and O–H groups in total. The first kappa shape index (κ1) is 8.05. The lowest BCUT2D eigenvalue weighted by Crippen LogP contribution is -2.12. The molecule has 0 bridgehead atoms. The van der Waals surface area contributed by atoms with E-state index in [9.17, 15) is 0 Å². The normalized spacial score (nSPS) is 21.3. The summed E-state index contributed by atoms with van der Waals surface area (Å²) in [6.45, 7) is 2.85. The Kier molecular flexibility index (Phi) is 2.05. The Bertz CT molecular complexity index is 301. The number of rotatable bonds is 0. The van der Waals surface area contributed by atoms with Crippen molar-refractivity contribution in [1.82, 2.24) is 4.98 Å². The molecule has 0 radical (unpaired) electrons. The standard InChI is InChI=1S/C9H10BrNO/c1-6-2-4-11-9-8(6)7(10)3-5-12-9/h2,4,7H,3,5H2,1H3. The van der Waals surface area contributed by atoms with E-state index < -0.39 is 0 Å². The summed E-state index contributed by atoms with van der Waals surface area (Å²) in [5, 5.41) is 0. The van der Waals surface area contributed by atoms with Gasteiger partial charge in [0.15, 0.2) is 0 Å². The summed E-state index contributed by atoms with van der Waals surface area (Å²) in [6, 6.07) is 2.02. The number of hydrogen-bond acceptors (Lipinski definition) is 2. The molecule has 1 aromatic rings. The Hall–Kier alpha value is -0.570. The van der Waals surface area contributed by atoms with Crippen LogP contribution < -0.4 is 4.74 Å². The molecule has 2 heterocycles. The minimum absolute atomic E-state index is 0.412. The maximum absolute atomic E-state index is 5.43. The van der Waals surface area contributed by atoms with Crippen LogP contribution in [0.5, 0.6) is 5.88 Å². The highest BCUT2D eigenvalue weighted by Gasteiger charge is 2.21. The van der Waals surface area contributed by atoms with Crippen LogP contribution in [0, 0.1) is 6.92 Å². The van der Waals surface area contributed by atoms with Gasteiger partial charge in [-0.2, -0.15) is 0 Å². The fraction of sp³-hybridized carbons (Fsp3) is 0.444. The second-order valence-electron chi connectivity index (χ2n) is 2.95. The first-order chi connectivity index (χ1) is 5.79. The average molecular weight is 228 g/mol. The van der Waals surface area contributed by atoms with E-state index in [4.69, 9.17) is 4.74 Å². The van der Waals surface area contributed by atoms with Crippen LogP contribution >= 0.6 is 15.9 Å². The van der Waals surface area contributed by atoms with E-state index in [0.29, 0.717) is 4.83 Å². The molecule has 3 heteroatoms. The molecular formula is C9H10BrNO. The van der Waals surface area contributed by atoms with Crippen LogP contribution in [0.1, 0.15) is 22.4 Å². The van der Waals surface area contributed by atoms with Gasteiger partial charge in [0, 0.05) is 16.6 Å². The van der Waals surface area contributed by atoms with Crippen LogP contribution in [0.3, 0.4) is 0 Å². The molecular weight excluding hydrogens is 218 g/mol.